The molecule has 0 radical (unpaired) electrons. The summed E-state index contributed by atoms with van der Waals surface area (Å²) in [5.74, 6) is 0.889. The van der Waals surface area contributed by atoms with Gasteiger partial charge in [-0.1, -0.05) is 30.3 Å². The fourth-order valence-electron chi connectivity index (χ4n) is 3.27. The first-order chi connectivity index (χ1) is 11.9. The summed E-state index contributed by atoms with van der Waals surface area (Å²) < 4.78 is 0. The first-order valence-electron chi connectivity index (χ1n) is 8.80. The SMILES string of the molecule is OCCNc1ncnc2c1CCN(CCCc1ccccc1)CC2. The molecule has 1 aromatic heterocycles. The van der Waals surface area contributed by atoms with Crippen LogP contribution in [0.5, 0.6) is 0 Å². The molecule has 5 nitrogen and oxygen atoms in total. The van der Waals surface area contributed by atoms with E-state index in [4.69, 9.17) is 5.11 Å². The van der Waals surface area contributed by atoms with E-state index in [2.05, 4.69) is 50.5 Å². The van der Waals surface area contributed by atoms with Crippen molar-refractivity contribution in [1.29, 1.82) is 0 Å². The van der Waals surface area contributed by atoms with E-state index in [0.717, 1.165) is 50.4 Å². The number of nitrogens with zero attached hydrogens (tertiary/aromatic N) is 3. The van der Waals surface area contributed by atoms with Gasteiger partial charge >= 0.3 is 0 Å². The lowest BCUT2D eigenvalue weighted by molar-refractivity contribution is 0.283. The Morgan fingerprint density at radius 3 is 2.75 bits per heavy atom. The van der Waals surface area contributed by atoms with E-state index in [1.165, 1.54) is 17.5 Å². The molecule has 0 atom stereocenters. The van der Waals surface area contributed by atoms with Crippen molar-refractivity contribution >= 4 is 5.82 Å². The van der Waals surface area contributed by atoms with Crippen molar-refractivity contribution in [3.05, 3.63) is 53.5 Å². The molecule has 2 heterocycles. The number of aryl methyl sites for hydroxylation is 1. The molecular weight excluding hydrogens is 300 g/mol. The molecule has 1 aliphatic rings. The second-order valence-electron chi connectivity index (χ2n) is 6.23. The third-order valence-corrected chi connectivity index (χ3v) is 4.56. The van der Waals surface area contributed by atoms with Crippen molar-refractivity contribution in [2.75, 3.05) is 38.1 Å². The van der Waals surface area contributed by atoms with Gasteiger partial charge in [0.05, 0.1) is 12.3 Å². The van der Waals surface area contributed by atoms with Gasteiger partial charge in [0.2, 0.25) is 0 Å². The molecular formula is C19H26N4O. The molecule has 0 aliphatic carbocycles. The summed E-state index contributed by atoms with van der Waals surface area (Å²) in [5, 5.41) is 12.2. The minimum absolute atomic E-state index is 0.115. The lowest BCUT2D eigenvalue weighted by Gasteiger charge is -2.19. The van der Waals surface area contributed by atoms with Crippen molar-refractivity contribution in [3.63, 3.8) is 0 Å². The van der Waals surface area contributed by atoms with E-state index >= 15 is 0 Å². The Kier molecular flexibility index (Phi) is 6.15. The highest BCUT2D eigenvalue weighted by Crippen LogP contribution is 2.20. The van der Waals surface area contributed by atoms with Gasteiger partial charge in [-0.2, -0.15) is 0 Å². The number of hydrogen-bond donors (Lipinski definition) is 2. The molecule has 0 spiro atoms. The molecule has 2 N–H and O–H groups in total. The second kappa shape index (κ2) is 8.76. The predicted molar refractivity (Wildman–Crippen MR) is 96.2 cm³/mol. The van der Waals surface area contributed by atoms with Crippen LogP contribution in [-0.4, -0.2) is 52.8 Å². The number of aliphatic hydroxyl groups excluding tert-OH is 1. The minimum Gasteiger partial charge on any atom is -0.395 e. The average molecular weight is 326 g/mol. The van der Waals surface area contributed by atoms with Crippen LogP contribution in [-0.2, 0) is 19.3 Å². The van der Waals surface area contributed by atoms with Crippen molar-refractivity contribution in [2.45, 2.75) is 25.7 Å². The largest absolute Gasteiger partial charge is 0.395 e. The molecule has 2 aromatic rings. The molecule has 24 heavy (non-hydrogen) atoms. The Morgan fingerprint density at radius 2 is 1.92 bits per heavy atom. The van der Waals surface area contributed by atoms with Crippen molar-refractivity contribution in [3.8, 4) is 0 Å². The zero-order valence-electron chi connectivity index (χ0n) is 14.1. The maximum Gasteiger partial charge on any atom is 0.132 e. The molecule has 0 amide bonds. The second-order valence-corrected chi connectivity index (χ2v) is 6.23. The third kappa shape index (κ3) is 4.52. The van der Waals surface area contributed by atoms with Gasteiger partial charge in [-0.3, -0.25) is 0 Å². The van der Waals surface area contributed by atoms with E-state index < -0.39 is 0 Å². The maximum absolute atomic E-state index is 9.01. The molecule has 0 fully saturated rings. The number of anilines is 1. The highest BCUT2D eigenvalue weighted by Gasteiger charge is 2.18. The normalized spacial score (nSPS) is 14.9. The van der Waals surface area contributed by atoms with Crippen LogP contribution in [0.15, 0.2) is 36.7 Å². The Hall–Kier alpha value is -1.98. The number of nitrogens with one attached hydrogen (secondary N) is 1. The number of benzene rings is 1. The van der Waals surface area contributed by atoms with Crippen LogP contribution in [0.3, 0.4) is 0 Å². The maximum atomic E-state index is 9.01. The highest BCUT2D eigenvalue weighted by atomic mass is 16.3. The summed E-state index contributed by atoms with van der Waals surface area (Å²) in [7, 11) is 0. The van der Waals surface area contributed by atoms with Crippen LogP contribution >= 0.6 is 0 Å². The van der Waals surface area contributed by atoms with E-state index in [9.17, 15) is 0 Å². The van der Waals surface area contributed by atoms with Crippen LogP contribution in [0.4, 0.5) is 5.82 Å². The Balaban J connectivity index is 1.53. The number of aromatic nitrogens is 2. The van der Waals surface area contributed by atoms with Crippen molar-refractivity contribution in [1.82, 2.24) is 14.9 Å². The Labute approximate surface area is 143 Å². The van der Waals surface area contributed by atoms with Gasteiger partial charge in [-0.25, -0.2) is 9.97 Å². The molecule has 128 valence electrons. The summed E-state index contributed by atoms with van der Waals surface area (Å²) >= 11 is 0. The van der Waals surface area contributed by atoms with Crippen LogP contribution in [0, 0.1) is 0 Å². The van der Waals surface area contributed by atoms with Gasteiger partial charge in [0, 0.05) is 31.6 Å². The highest BCUT2D eigenvalue weighted by molar-refractivity contribution is 5.46. The minimum atomic E-state index is 0.115. The fraction of sp³-hybridized carbons (Fsp3) is 0.474. The summed E-state index contributed by atoms with van der Waals surface area (Å²) in [5.41, 5.74) is 3.78. The van der Waals surface area contributed by atoms with Gasteiger partial charge in [0.1, 0.15) is 12.1 Å². The molecule has 0 bridgehead atoms. The molecule has 0 unspecified atom stereocenters. The van der Waals surface area contributed by atoms with Gasteiger partial charge in [0.25, 0.3) is 0 Å². The quantitative estimate of drug-likeness (QED) is 0.814. The summed E-state index contributed by atoms with van der Waals surface area (Å²) in [6.45, 7) is 3.87. The lowest BCUT2D eigenvalue weighted by Crippen LogP contribution is -2.27. The molecule has 0 saturated carbocycles. The molecule has 0 saturated heterocycles. The Bertz CT molecular complexity index is 633. The summed E-state index contributed by atoms with van der Waals surface area (Å²) in [4.78, 5) is 11.3. The molecule has 1 aromatic carbocycles. The van der Waals surface area contributed by atoms with Crippen molar-refractivity contribution < 1.29 is 5.11 Å². The van der Waals surface area contributed by atoms with Gasteiger partial charge in [-0.15, -0.1) is 0 Å². The van der Waals surface area contributed by atoms with Crippen LogP contribution in [0.25, 0.3) is 0 Å². The molecule has 1 aliphatic heterocycles. The predicted octanol–water partition coefficient (Wildman–Crippen LogP) is 1.91. The smallest absolute Gasteiger partial charge is 0.132 e. The zero-order valence-corrected chi connectivity index (χ0v) is 14.1. The third-order valence-electron chi connectivity index (χ3n) is 4.56. The van der Waals surface area contributed by atoms with E-state index in [1.54, 1.807) is 6.33 Å². The fourth-order valence-corrected chi connectivity index (χ4v) is 3.27. The average Bonchev–Trinajstić information content (AvgIpc) is 2.84. The van der Waals surface area contributed by atoms with Gasteiger partial charge in [-0.05, 0) is 31.4 Å². The van der Waals surface area contributed by atoms with E-state index in [0.29, 0.717) is 6.54 Å². The van der Waals surface area contributed by atoms with E-state index in [1.807, 2.05) is 0 Å². The summed E-state index contributed by atoms with van der Waals surface area (Å²) in [6.07, 6.45) is 5.88. The number of aliphatic hydroxyl groups is 1. The molecule has 3 rings (SSSR count). The molecule has 5 heteroatoms. The van der Waals surface area contributed by atoms with E-state index in [-0.39, 0.29) is 6.61 Å². The van der Waals surface area contributed by atoms with Crippen LogP contribution < -0.4 is 5.32 Å². The van der Waals surface area contributed by atoms with Crippen molar-refractivity contribution in [2.24, 2.45) is 0 Å². The number of fused-ring (bicyclic) bond motifs is 1. The number of hydrogen-bond acceptors (Lipinski definition) is 5. The van der Waals surface area contributed by atoms with Gasteiger partial charge in [0.15, 0.2) is 0 Å². The first kappa shape index (κ1) is 16.9. The standard InChI is InChI=1S/C19H26N4O/c24-14-10-20-19-17-8-12-23(13-9-18(17)21-15-22-19)11-4-7-16-5-2-1-3-6-16/h1-3,5-6,15,24H,4,7-14H2,(H,20,21,22). The zero-order chi connectivity index (χ0) is 16.6. The topological polar surface area (TPSA) is 61.3 Å². The first-order valence-corrected chi connectivity index (χ1v) is 8.80. The van der Waals surface area contributed by atoms with Gasteiger partial charge < -0.3 is 15.3 Å². The number of rotatable bonds is 7. The lowest BCUT2D eigenvalue weighted by atomic mass is 10.1. The summed E-state index contributed by atoms with van der Waals surface area (Å²) in [6, 6.07) is 10.7. The van der Waals surface area contributed by atoms with Crippen LogP contribution in [0.1, 0.15) is 23.2 Å². The van der Waals surface area contributed by atoms with Crippen LogP contribution in [0.2, 0.25) is 0 Å². The monoisotopic (exact) mass is 326 g/mol. The Morgan fingerprint density at radius 1 is 1.08 bits per heavy atom.